The lowest BCUT2D eigenvalue weighted by molar-refractivity contribution is 0.991. The summed E-state index contributed by atoms with van der Waals surface area (Å²) in [5.41, 5.74) is 6.74. The molecule has 0 aliphatic heterocycles. The van der Waals surface area contributed by atoms with E-state index in [0.717, 1.165) is 0 Å². The standard InChI is InChI=1S/C17H17.C16H14.C2H6/c1-11-4-5-14-9-16-8-12(2)6-13(3)17(16)10-15(14)7-11;1-11-6-7-13-9-14-5-3-4-12(2)16(14)10-15(13)8-11;1-2/h4-11H,1-3H3;3-10H,1-2H3;1-2H3. The normalized spacial score (nSPS) is 16.0. The minimum Gasteiger partial charge on any atom is -0.0773 e. The van der Waals surface area contributed by atoms with Gasteiger partial charge in [-0.25, -0.2) is 0 Å². The highest BCUT2D eigenvalue weighted by molar-refractivity contribution is 5.99. The first kappa shape index (κ1) is 24.7. The molecule has 0 bridgehead atoms. The number of benzene rings is 4. The number of aryl methyl sites for hydroxylation is 2. The molecule has 0 N–H and O–H groups in total. The number of hydrogen-bond acceptors (Lipinski definition) is 0. The summed E-state index contributed by atoms with van der Waals surface area (Å²) in [5.74, 6) is 1.92. The second-order valence-electron chi connectivity index (χ2n) is 9.67. The van der Waals surface area contributed by atoms with Crippen LogP contribution in [0.1, 0.15) is 56.9 Å². The van der Waals surface area contributed by atoms with Crippen molar-refractivity contribution in [3.05, 3.63) is 117 Å². The molecule has 0 saturated heterocycles. The van der Waals surface area contributed by atoms with Crippen molar-refractivity contribution in [1.29, 1.82) is 0 Å². The lowest BCUT2D eigenvalue weighted by Crippen LogP contribution is -2.23. The summed E-state index contributed by atoms with van der Waals surface area (Å²) in [6, 6.07) is 22.3. The maximum atomic E-state index is 2.34. The first-order chi connectivity index (χ1) is 16.9. The fourth-order valence-corrected chi connectivity index (χ4v) is 5.00. The zero-order valence-electron chi connectivity index (χ0n) is 22.2. The van der Waals surface area contributed by atoms with Gasteiger partial charge in [0, 0.05) is 5.92 Å². The molecule has 6 rings (SSSR count). The van der Waals surface area contributed by atoms with Crippen molar-refractivity contribution in [2.24, 2.45) is 5.92 Å². The summed E-state index contributed by atoms with van der Waals surface area (Å²) >= 11 is 0. The highest BCUT2D eigenvalue weighted by Crippen LogP contribution is 2.26. The van der Waals surface area contributed by atoms with Crippen molar-refractivity contribution in [2.45, 2.75) is 48.5 Å². The number of fused-ring (bicyclic) bond motifs is 4. The quantitative estimate of drug-likeness (QED) is 0.232. The van der Waals surface area contributed by atoms with E-state index in [9.17, 15) is 0 Å². The molecule has 4 aromatic carbocycles. The molecule has 2 aliphatic carbocycles. The van der Waals surface area contributed by atoms with E-state index in [1.807, 2.05) is 13.8 Å². The van der Waals surface area contributed by atoms with Gasteiger partial charge in [0.15, 0.2) is 0 Å². The van der Waals surface area contributed by atoms with E-state index >= 15 is 0 Å². The Hall–Kier alpha value is -3.38. The predicted octanol–water partition coefficient (Wildman–Crippen LogP) is 8.45. The average Bonchev–Trinajstić information content (AvgIpc) is 2.84. The summed E-state index contributed by atoms with van der Waals surface area (Å²) in [6.07, 6.45) is 11.4. The molecule has 1 radical (unpaired) electrons. The van der Waals surface area contributed by atoms with Crippen LogP contribution in [0.15, 0.2) is 78.4 Å². The molecule has 0 saturated carbocycles. The molecule has 0 spiro atoms. The Bertz CT molecular complexity index is 1560. The lowest BCUT2D eigenvalue weighted by Gasteiger charge is -2.16. The van der Waals surface area contributed by atoms with Crippen LogP contribution in [0.5, 0.6) is 0 Å². The van der Waals surface area contributed by atoms with Crippen LogP contribution >= 0.6 is 0 Å². The van der Waals surface area contributed by atoms with Gasteiger partial charge in [0.25, 0.3) is 0 Å². The lowest BCUT2D eigenvalue weighted by atomic mass is 9.88. The van der Waals surface area contributed by atoms with Crippen molar-refractivity contribution in [1.82, 2.24) is 0 Å². The highest BCUT2D eigenvalue weighted by Gasteiger charge is 2.12. The molecular formula is C35H37. The summed E-state index contributed by atoms with van der Waals surface area (Å²) in [4.78, 5) is 0. The van der Waals surface area contributed by atoms with Crippen molar-refractivity contribution in [2.75, 3.05) is 0 Å². The van der Waals surface area contributed by atoms with Crippen LogP contribution in [0.3, 0.4) is 0 Å². The Morgan fingerprint density at radius 2 is 1.49 bits per heavy atom. The van der Waals surface area contributed by atoms with Crippen LogP contribution in [0, 0.1) is 25.7 Å². The monoisotopic (exact) mass is 457 g/mol. The van der Waals surface area contributed by atoms with Crippen LogP contribution < -0.4 is 10.4 Å². The smallest absolute Gasteiger partial charge is 0.0245 e. The SMILES string of the molecule is CC.C[C]1C=C(C)C=c2cc3c(cc21)=CC(C)C=C3.Cc1ccc2cc3cccc(C)c3cc2c1. The molecule has 1 atom stereocenters. The summed E-state index contributed by atoms with van der Waals surface area (Å²) in [5, 5.41) is 8.08. The molecule has 2 aliphatic rings. The highest BCUT2D eigenvalue weighted by atomic mass is 14.2. The molecule has 0 fully saturated rings. The van der Waals surface area contributed by atoms with Gasteiger partial charge in [0.2, 0.25) is 0 Å². The molecule has 0 aromatic heterocycles. The summed E-state index contributed by atoms with van der Waals surface area (Å²) in [6.45, 7) is 14.9. The Morgan fingerprint density at radius 1 is 0.686 bits per heavy atom. The Balaban J connectivity index is 0.000000155. The minimum absolute atomic E-state index is 0.547. The fourth-order valence-electron chi connectivity index (χ4n) is 5.00. The second-order valence-corrected chi connectivity index (χ2v) is 9.67. The van der Waals surface area contributed by atoms with E-state index in [1.165, 1.54) is 65.7 Å². The van der Waals surface area contributed by atoms with Crippen molar-refractivity contribution in [3.8, 4) is 0 Å². The molecule has 0 heteroatoms. The third-order valence-electron chi connectivity index (χ3n) is 6.74. The third kappa shape index (κ3) is 5.33. The number of hydrogen-bond donors (Lipinski definition) is 0. The molecule has 1 unspecified atom stereocenters. The van der Waals surface area contributed by atoms with Crippen LogP contribution in [-0.4, -0.2) is 0 Å². The second kappa shape index (κ2) is 10.5. The van der Waals surface area contributed by atoms with Gasteiger partial charge < -0.3 is 0 Å². The van der Waals surface area contributed by atoms with Crippen molar-refractivity contribution < 1.29 is 0 Å². The predicted molar refractivity (Wildman–Crippen MR) is 157 cm³/mol. The zero-order chi connectivity index (χ0) is 25.1. The number of rotatable bonds is 0. The minimum atomic E-state index is 0.547. The Labute approximate surface area is 211 Å². The number of allylic oxidation sites excluding steroid dienone is 3. The molecule has 177 valence electrons. The fraction of sp³-hybridized carbons (Fsp3) is 0.229. The van der Waals surface area contributed by atoms with E-state index in [2.05, 4.69) is 126 Å². The van der Waals surface area contributed by atoms with Crippen molar-refractivity contribution >= 4 is 39.8 Å². The van der Waals surface area contributed by atoms with Gasteiger partial charge in [-0.1, -0.05) is 106 Å². The van der Waals surface area contributed by atoms with Crippen LogP contribution in [0.25, 0.3) is 39.8 Å². The molecular weight excluding hydrogens is 420 g/mol. The maximum Gasteiger partial charge on any atom is 0.0245 e. The van der Waals surface area contributed by atoms with Gasteiger partial charge in [-0.3, -0.25) is 0 Å². The van der Waals surface area contributed by atoms with E-state index in [4.69, 9.17) is 0 Å². The first-order valence-corrected chi connectivity index (χ1v) is 12.9. The Kier molecular flexibility index (Phi) is 7.41. The topological polar surface area (TPSA) is 0 Å². The van der Waals surface area contributed by atoms with Crippen LogP contribution in [0.4, 0.5) is 0 Å². The van der Waals surface area contributed by atoms with Gasteiger partial charge in [-0.05, 0) is 99.6 Å². The van der Waals surface area contributed by atoms with Gasteiger partial charge in [-0.2, -0.15) is 0 Å². The summed E-state index contributed by atoms with van der Waals surface area (Å²) in [7, 11) is 0. The van der Waals surface area contributed by atoms with E-state index in [0.29, 0.717) is 5.92 Å². The van der Waals surface area contributed by atoms with Gasteiger partial charge in [-0.15, -0.1) is 0 Å². The maximum absolute atomic E-state index is 2.34. The van der Waals surface area contributed by atoms with Crippen LogP contribution in [-0.2, 0) is 0 Å². The van der Waals surface area contributed by atoms with E-state index < -0.39 is 0 Å². The molecule has 0 heterocycles. The van der Waals surface area contributed by atoms with Gasteiger partial charge >= 0.3 is 0 Å². The molecule has 0 nitrogen and oxygen atoms in total. The van der Waals surface area contributed by atoms with Gasteiger partial charge in [0.1, 0.15) is 0 Å². The van der Waals surface area contributed by atoms with Crippen molar-refractivity contribution in [3.63, 3.8) is 0 Å². The average molecular weight is 458 g/mol. The van der Waals surface area contributed by atoms with E-state index in [1.54, 1.807) is 0 Å². The van der Waals surface area contributed by atoms with E-state index in [-0.39, 0.29) is 0 Å². The molecule has 35 heavy (non-hydrogen) atoms. The van der Waals surface area contributed by atoms with Gasteiger partial charge in [0.05, 0.1) is 0 Å². The van der Waals surface area contributed by atoms with Crippen LogP contribution in [0.2, 0.25) is 0 Å². The largest absolute Gasteiger partial charge is 0.0773 e. The third-order valence-corrected chi connectivity index (χ3v) is 6.74. The first-order valence-electron chi connectivity index (χ1n) is 12.9. The molecule has 4 aromatic rings. The molecule has 0 amide bonds. The Morgan fingerprint density at radius 3 is 2.29 bits per heavy atom. The zero-order valence-corrected chi connectivity index (χ0v) is 22.2. The summed E-state index contributed by atoms with van der Waals surface area (Å²) < 4.78 is 0.